The number of hydrogen-bond donors (Lipinski definition) is 1. The average molecular weight is 336 g/mol. The summed E-state index contributed by atoms with van der Waals surface area (Å²) in [5.41, 5.74) is 0.539. The summed E-state index contributed by atoms with van der Waals surface area (Å²) in [6.45, 7) is 5.65. The molecule has 24 heavy (non-hydrogen) atoms. The molecule has 0 radical (unpaired) electrons. The van der Waals surface area contributed by atoms with Crippen LogP contribution in [0.4, 0.5) is 4.39 Å². The van der Waals surface area contributed by atoms with Crippen LogP contribution in [-0.4, -0.2) is 66.4 Å². The second kappa shape index (κ2) is 8.90. The Balaban J connectivity index is 1.38. The summed E-state index contributed by atoms with van der Waals surface area (Å²) in [6, 6.07) is 7.26. The fourth-order valence-corrected chi connectivity index (χ4v) is 3.87. The Morgan fingerprint density at radius 3 is 2.75 bits per heavy atom. The number of halogens is 1. The fraction of sp³-hybridized carbons (Fsp3) is 0.684. The minimum absolute atomic E-state index is 0.208. The van der Waals surface area contributed by atoms with Crippen molar-refractivity contribution in [3.8, 4) is 0 Å². The van der Waals surface area contributed by atoms with Gasteiger partial charge in [-0.15, -0.1) is 0 Å². The third-order valence-corrected chi connectivity index (χ3v) is 5.13. The highest BCUT2D eigenvalue weighted by Crippen LogP contribution is 2.20. The summed E-state index contributed by atoms with van der Waals surface area (Å²) in [5.74, 6) is -0.253. The highest BCUT2D eigenvalue weighted by atomic mass is 19.1. The standard InChI is InChI=1S/C19H29FN2O2/c20-19-8-2-1-6-16(19)14-24-15-18(23)13-21-9-5-7-17(12-21)22-10-3-4-11-22/h1-2,6,8,17-18,23H,3-5,7,9-15H2. The molecule has 2 fully saturated rings. The van der Waals surface area contributed by atoms with Gasteiger partial charge in [-0.3, -0.25) is 9.80 Å². The van der Waals surface area contributed by atoms with Crippen LogP contribution in [0.2, 0.25) is 0 Å². The third-order valence-electron chi connectivity index (χ3n) is 5.13. The van der Waals surface area contributed by atoms with Gasteiger partial charge in [-0.25, -0.2) is 4.39 Å². The summed E-state index contributed by atoms with van der Waals surface area (Å²) in [5, 5.41) is 10.2. The smallest absolute Gasteiger partial charge is 0.128 e. The van der Waals surface area contributed by atoms with Gasteiger partial charge in [-0.2, -0.15) is 0 Å². The molecule has 5 heteroatoms. The van der Waals surface area contributed by atoms with Gasteiger partial charge in [0.1, 0.15) is 5.82 Å². The van der Waals surface area contributed by atoms with Gasteiger partial charge in [0.25, 0.3) is 0 Å². The molecule has 1 N–H and O–H groups in total. The summed E-state index contributed by atoms with van der Waals surface area (Å²) in [6.07, 6.45) is 4.60. The molecule has 0 bridgehead atoms. The van der Waals surface area contributed by atoms with Gasteiger partial charge in [0.05, 0.1) is 19.3 Å². The molecule has 2 heterocycles. The van der Waals surface area contributed by atoms with E-state index in [1.807, 2.05) is 0 Å². The molecule has 0 aromatic heterocycles. The Labute approximate surface area is 144 Å². The predicted octanol–water partition coefficient (Wildman–Crippen LogP) is 2.26. The minimum atomic E-state index is -0.519. The summed E-state index contributed by atoms with van der Waals surface area (Å²) < 4.78 is 19.0. The van der Waals surface area contributed by atoms with Crippen LogP contribution in [0.25, 0.3) is 0 Å². The van der Waals surface area contributed by atoms with E-state index < -0.39 is 6.10 Å². The lowest BCUT2D eigenvalue weighted by Gasteiger charge is -2.38. The van der Waals surface area contributed by atoms with Gasteiger partial charge < -0.3 is 9.84 Å². The predicted molar refractivity (Wildman–Crippen MR) is 92.3 cm³/mol. The zero-order valence-electron chi connectivity index (χ0n) is 14.4. The number of benzene rings is 1. The molecule has 1 aromatic carbocycles. The Bertz CT molecular complexity index is 508. The SMILES string of the molecule is OC(COCc1ccccc1F)CN1CCCC(N2CCCC2)C1. The summed E-state index contributed by atoms with van der Waals surface area (Å²) >= 11 is 0. The van der Waals surface area contributed by atoms with E-state index in [0.29, 0.717) is 18.2 Å². The Kier molecular flexibility index (Phi) is 6.60. The molecule has 2 saturated heterocycles. The maximum atomic E-state index is 13.5. The number of aliphatic hydroxyl groups is 1. The van der Waals surface area contributed by atoms with Crippen molar-refractivity contribution in [1.82, 2.24) is 9.80 Å². The number of ether oxygens (including phenoxy) is 1. The van der Waals surface area contributed by atoms with Crippen molar-refractivity contribution >= 4 is 0 Å². The second-order valence-electron chi connectivity index (χ2n) is 7.06. The van der Waals surface area contributed by atoms with Crippen LogP contribution in [0.3, 0.4) is 0 Å². The second-order valence-corrected chi connectivity index (χ2v) is 7.06. The van der Waals surface area contributed by atoms with Gasteiger partial charge in [-0.1, -0.05) is 18.2 Å². The minimum Gasteiger partial charge on any atom is -0.389 e. The number of aliphatic hydroxyl groups excluding tert-OH is 1. The molecule has 134 valence electrons. The molecule has 2 atom stereocenters. The average Bonchev–Trinajstić information content (AvgIpc) is 3.11. The molecule has 0 aliphatic carbocycles. The first-order chi connectivity index (χ1) is 11.7. The molecule has 2 aliphatic heterocycles. The van der Waals surface area contributed by atoms with Crippen LogP contribution in [0.5, 0.6) is 0 Å². The van der Waals surface area contributed by atoms with E-state index in [1.54, 1.807) is 18.2 Å². The molecule has 1 aromatic rings. The van der Waals surface area contributed by atoms with Crippen molar-refractivity contribution < 1.29 is 14.2 Å². The van der Waals surface area contributed by atoms with E-state index in [0.717, 1.165) is 13.1 Å². The molecule has 0 saturated carbocycles. The van der Waals surface area contributed by atoms with Crippen LogP contribution in [0, 0.1) is 5.82 Å². The third kappa shape index (κ3) is 4.99. The Morgan fingerprint density at radius 2 is 1.96 bits per heavy atom. The van der Waals surface area contributed by atoms with Gasteiger partial charge in [0, 0.05) is 24.7 Å². The van der Waals surface area contributed by atoms with Crippen LogP contribution >= 0.6 is 0 Å². The number of hydrogen-bond acceptors (Lipinski definition) is 4. The molecule has 3 rings (SSSR count). The van der Waals surface area contributed by atoms with Crippen molar-refractivity contribution in [2.45, 2.75) is 44.4 Å². The van der Waals surface area contributed by atoms with E-state index in [1.165, 1.54) is 44.8 Å². The van der Waals surface area contributed by atoms with Crippen LogP contribution < -0.4 is 0 Å². The normalized spacial score (nSPS) is 24.3. The number of β-amino-alcohol motifs (C(OH)–C–C–N with tert-alkyl or cyclic N) is 1. The topological polar surface area (TPSA) is 35.9 Å². The molecule has 0 spiro atoms. The summed E-state index contributed by atoms with van der Waals surface area (Å²) in [4.78, 5) is 4.96. The lowest BCUT2D eigenvalue weighted by molar-refractivity contribution is -0.000923. The first kappa shape index (κ1) is 17.8. The first-order valence-corrected chi connectivity index (χ1v) is 9.18. The quantitative estimate of drug-likeness (QED) is 0.829. The van der Waals surface area contributed by atoms with E-state index in [4.69, 9.17) is 4.74 Å². The highest BCUT2D eigenvalue weighted by molar-refractivity contribution is 5.16. The van der Waals surface area contributed by atoms with E-state index in [-0.39, 0.29) is 19.0 Å². The maximum Gasteiger partial charge on any atom is 0.128 e. The highest BCUT2D eigenvalue weighted by Gasteiger charge is 2.27. The van der Waals surface area contributed by atoms with E-state index in [2.05, 4.69) is 9.80 Å². The van der Waals surface area contributed by atoms with Crippen LogP contribution in [-0.2, 0) is 11.3 Å². The molecule has 2 aliphatic rings. The molecule has 2 unspecified atom stereocenters. The van der Waals surface area contributed by atoms with E-state index in [9.17, 15) is 9.50 Å². The molecular formula is C19H29FN2O2. The number of piperidine rings is 1. The van der Waals surface area contributed by atoms with Crippen molar-refractivity contribution in [2.75, 3.05) is 39.3 Å². The lowest BCUT2D eigenvalue weighted by Crippen LogP contribution is -2.49. The lowest BCUT2D eigenvalue weighted by atomic mass is 10.0. The van der Waals surface area contributed by atoms with E-state index >= 15 is 0 Å². The monoisotopic (exact) mass is 336 g/mol. The van der Waals surface area contributed by atoms with Crippen molar-refractivity contribution in [3.05, 3.63) is 35.6 Å². The largest absolute Gasteiger partial charge is 0.389 e. The zero-order valence-corrected chi connectivity index (χ0v) is 14.4. The van der Waals surface area contributed by atoms with Gasteiger partial charge in [0.15, 0.2) is 0 Å². The van der Waals surface area contributed by atoms with Crippen LogP contribution in [0.1, 0.15) is 31.2 Å². The maximum absolute atomic E-state index is 13.5. The number of likely N-dealkylation sites (tertiary alicyclic amines) is 2. The molecular weight excluding hydrogens is 307 g/mol. The van der Waals surface area contributed by atoms with Crippen molar-refractivity contribution in [2.24, 2.45) is 0 Å². The van der Waals surface area contributed by atoms with Crippen molar-refractivity contribution in [3.63, 3.8) is 0 Å². The first-order valence-electron chi connectivity index (χ1n) is 9.18. The zero-order chi connectivity index (χ0) is 16.8. The molecule has 0 amide bonds. The van der Waals surface area contributed by atoms with Gasteiger partial charge in [0.2, 0.25) is 0 Å². The van der Waals surface area contributed by atoms with Crippen LogP contribution in [0.15, 0.2) is 24.3 Å². The number of nitrogens with zero attached hydrogens (tertiary/aromatic N) is 2. The summed E-state index contributed by atoms with van der Waals surface area (Å²) in [7, 11) is 0. The Morgan fingerprint density at radius 1 is 1.17 bits per heavy atom. The fourth-order valence-electron chi connectivity index (χ4n) is 3.87. The van der Waals surface area contributed by atoms with Crippen molar-refractivity contribution in [1.29, 1.82) is 0 Å². The van der Waals surface area contributed by atoms with Gasteiger partial charge in [-0.05, 0) is 51.4 Å². The molecule has 4 nitrogen and oxygen atoms in total. The Hall–Kier alpha value is -1.01. The van der Waals surface area contributed by atoms with Gasteiger partial charge >= 0.3 is 0 Å². The number of rotatable bonds is 7.